The Morgan fingerprint density at radius 2 is 1.81 bits per heavy atom. The number of amides is 1. The van der Waals surface area contributed by atoms with E-state index >= 15 is 0 Å². The Hall–Kier alpha value is -2.12. The highest BCUT2D eigenvalue weighted by Gasteiger charge is 2.30. The van der Waals surface area contributed by atoms with Gasteiger partial charge in [-0.15, -0.1) is 0 Å². The fourth-order valence-corrected chi connectivity index (χ4v) is 5.33. The molecule has 1 amide bonds. The lowest BCUT2D eigenvalue weighted by atomic mass is 10.0. The van der Waals surface area contributed by atoms with Crippen molar-refractivity contribution in [2.24, 2.45) is 13.0 Å². The van der Waals surface area contributed by atoms with E-state index in [9.17, 15) is 13.2 Å². The minimum atomic E-state index is -3.58. The zero-order valence-electron chi connectivity index (χ0n) is 16.3. The van der Waals surface area contributed by atoms with Gasteiger partial charge in [-0.3, -0.25) is 4.79 Å². The van der Waals surface area contributed by atoms with Crippen LogP contribution in [0, 0.1) is 19.8 Å². The van der Waals surface area contributed by atoms with E-state index in [-0.39, 0.29) is 10.8 Å². The number of carbonyl (C=O) groups is 1. The maximum absolute atomic E-state index is 12.9. The number of nitrogens with zero attached hydrogens (tertiary/aromatic N) is 2. The molecule has 146 valence electrons. The molecule has 27 heavy (non-hydrogen) atoms. The van der Waals surface area contributed by atoms with E-state index in [4.69, 9.17) is 0 Å². The number of benzene rings is 1. The van der Waals surface area contributed by atoms with Crippen molar-refractivity contribution < 1.29 is 13.2 Å². The Morgan fingerprint density at radius 3 is 2.44 bits per heavy atom. The summed E-state index contributed by atoms with van der Waals surface area (Å²) in [6.45, 7) is 7.06. The molecule has 1 aromatic carbocycles. The third-order valence-corrected chi connectivity index (χ3v) is 6.78. The molecular weight excluding hydrogens is 362 g/mol. The molecule has 0 radical (unpaired) electrons. The number of hydrogen-bond acceptors (Lipinski definition) is 3. The summed E-state index contributed by atoms with van der Waals surface area (Å²) >= 11 is 0. The van der Waals surface area contributed by atoms with Crippen molar-refractivity contribution in [1.82, 2.24) is 8.87 Å². The average molecular weight is 390 g/mol. The number of hydrogen-bond donors (Lipinski definition) is 1. The Bertz CT molecular complexity index is 943. The van der Waals surface area contributed by atoms with E-state index < -0.39 is 10.0 Å². The highest BCUT2D eigenvalue weighted by atomic mass is 32.2. The predicted molar refractivity (Wildman–Crippen MR) is 106 cm³/mol. The van der Waals surface area contributed by atoms with Gasteiger partial charge in [-0.25, -0.2) is 8.42 Å². The number of sulfonamides is 1. The first-order valence-corrected chi connectivity index (χ1v) is 10.7. The lowest BCUT2D eigenvalue weighted by Crippen LogP contribution is -2.38. The molecular formula is C20H27N3O3S. The fourth-order valence-electron chi connectivity index (χ4n) is 3.66. The van der Waals surface area contributed by atoms with Gasteiger partial charge in [0, 0.05) is 32.0 Å². The van der Waals surface area contributed by atoms with Crippen LogP contribution >= 0.6 is 0 Å². The Labute approximate surface area is 161 Å². The number of piperidine rings is 1. The lowest BCUT2D eigenvalue weighted by Gasteiger charge is -2.29. The first-order chi connectivity index (χ1) is 12.7. The number of carbonyl (C=O) groups excluding carboxylic acids is 1. The van der Waals surface area contributed by atoms with Crippen LogP contribution in [-0.2, 0) is 17.1 Å². The summed E-state index contributed by atoms with van der Waals surface area (Å²) in [5.41, 5.74) is 3.13. The van der Waals surface area contributed by atoms with E-state index in [1.807, 2.05) is 32.0 Å². The molecule has 2 heterocycles. The van der Waals surface area contributed by atoms with Crippen LogP contribution in [0.25, 0.3) is 0 Å². The molecule has 1 fully saturated rings. The van der Waals surface area contributed by atoms with Gasteiger partial charge in [-0.05, 0) is 61.9 Å². The molecule has 3 rings (SSSR count). The quantitative estimate of drug-likeness (QED) is 0.872. The summed E-state index contributed by atoms with van der Waals surface area (Å²) in [7, 11) is -1.90. The van der Waals surface area contributed by atoms with Gasteiger partial charge in [0.15, 0.2) is 0 Å². The SMILES string of the molecule is Cc1cc(C)cc(NC(=O)c2cc(S(=O)(=O)N3CCC[C@H](C)C3)cn2C)c1. The first kappa shape index (κ1) is 19.6. The zero-order chi connectivity index (χ0) is 19.8. The summed E-state index contributed by atoms with van der Waals surface area (Å²) in [5.74, 6) is 0.0283. The van der Waals surface area contributed by atoms with Crippen molar-refractivity contribution in [3.63, 3.8) is 0 Å². The molecule has 6 nitrogen and oxygen atoms in total. The van der Waals surface area contributed by atoms with E-state index in [1.165, 1.54) is 16.6 Å². The number of anilines is 1. The van der Waals surface area contributed by atoms with E-state index in [1.54, 1.807) is 11.6 Å². The van der Waals surface area contributed by atoms with Gasteiger partial charge in [0.1, 0.15) is 10.6 Å². The lowest BCUT2D eigenvalue weighted by molar-refractivity contribution is 0.101. The molecule has 1 atom stereocenters. The van der Waals surface area contributed by atoms with Crippen LogP contribution in [-0.4, -0.2) is 36.3 Å². The number of aromatic nitrogens is 1. The second-order valence-corrected chi connectivity index (χ2v) is 9.55. The third kappa shape index (κ3) is 4.25. The molecule has 0 unspecified atom stereocenters. The van der Waals surface area contributed by atoms with Gasteiger partial charge in [0.25, 0.3) is 5.91 Å². The molecule has 1 aliphatic rings. The topological polar surface area (TPSA) is 71.4 Å². The number of nitrogens with one attached hydrogen (secondary N) is 1. The molecule has 0 bridgehead atoms. The summed E-state index contributed by atoms with van der Waals surface area (Å²) in [5, 5.41) is 2.86. The van der Waals surface area contributed by atoms with Gasteiger partial charge in [-0.2, -0.15) is 4.31 Å². The Morgan fingerprint density at radius 1 is 1.15 bits per heavy atom. The minimum absolute atomic E-state index is 0.171. The number of aryl methyl sites for hydroxylation is 3. The average Bonchev–Trinajstić information content (AvgIpc) is 2.96. The fraction of sp³-hybridized carbons (Fsp3) is 0.450. The molecule has 1 saturated heterocycles. The van der Waals surface area contributed by atoms with Crippen LogP contribution in [0.15, 0.2) is 35.4 Å². The molecule has 1 aliphatic heterocycles. The van der Waals surface area contributed by atoms with Crippen LogP contribution in [0.3, 0.4) is 0 Å². The van der Waals surface area contributed by atoms with Crippen molar-refractivity contribution in [1.29, 1.82) is 0 Å². The molecule has 0 spiro atoms. The van der Waals surface area contributed by atoms with E-state index in [2.05, 4.69) is 12.2 Å². The molecule has 0 aliphatic carbocycles. The van der Waals surface area contributed by atoms with Crippen molar-refractivity contribution in [3.8, 4) is 0 Å². The van der Waals surface area contributed by atoms with Crippen molar-refractivity contribution in [3.05, 3.63) is 47.3 Å². The van der Waals surface area contributed by atoms with Gasteiger partial charge in [-0.1, -0.05) is 13.0 Å². The van der Waals surface area contributed by atoms with Gasteiger partial charge < -0.3 is 9.88 Å². The van der Waals surface area contributed by atoms with Gasteiger partial charge in [0.05, 0.1) is 0 Å². The van der Waals surface area contributed by atoms with Crippen LogP contribution < -0.4 is 5.32 Å². The Kier molecular flexibility index (Phi) is 5.44. The summed E-state index contributed by atoms with van der Waals surface area (Å²) in [4.78, 5) is 12.9. The van der Waals surface area contributed by atoms with Crippen LogP contribution in [0.2, 0.25) is 0 Å². The van der Waals surface area contributed by atoms with Gasteiger partial charge >= 0.3 is 0 Å². The van der Waals surface area contributed by atoms with Crippen molar-refractivity contribution in [2.75, 3.05) is 18.4 Å². The van der Waals surface area contributed by atoms with Crippen LogP contribution in [0.1, 0.15) is 41.4 Å². The summed E-state index contributed by atoms with van der Waals surface area (Å²) < 4.78 is 29.0. The highest BCUT2D eigenvalue weighted by Crippen LogP contribution is 2.25. The monoisotopic (exact) mass is 389 g/mol. The van der Waals surface area contributed by atoms with Crippen molar-refractivity contribution >= 4 is 21.6 Å². The molecule has 7 heteroatoms. The molecule has 2 aromatic rings. The standard InChI is InChI=1S/C20H27N3O3S/c1-14-6-5-7-23(12-14)27(25,26)18-11-19(22(4)13-18)20(24)21-17-9-15(2)8-16(3)10-17/h8-11,13-14H,5-7,12H2,1-4H3,(H,21,24)/t14-/m0/s1. The maximum Gasteiger partial charge on any atom is 0.272 e. The van der Waals surface area contributed by atoms with Crippen LogP contribution in [0.4, 0.5) is 5.69 Å². The predicted octanol–water partition coefficient (Wildman–Crippen LogP) is 3.31. The molecule has 1 aromatic heterocycles. The van der Waals surface area contributed by atoms with E-state index in [0.717, 1.165) is 24.0 Å². The minimum Gasteiger partial charge on any atom is -0.345 e. The normalized spacial score (nSPS) is 18.4. The van der Waals surface area contributed by atoms with E-state index in [0.29, 0.717) is 30.4 Å². The summed E-state index contributed by atoms with van der Waals surface area (Å²) in [6.07, 6.45) is 3.43. The second-order valence-electron chi connectivity index (χ2n) is 7.61. The third-order valence-electron chi connectivity index (χ3n) is 4.95. The summed E-state index contributed by atoms with van der Waals surface area (Å²) in [6, 6.07) is 7.27. The largest absolute Gasteiger partial charge is 0.345 e. The maximum atomic E-state index is 12.9. The Balaban J connectivity index is 1.84. The highest BCUT2D eigenvalue weighted by molar-refractivity contribution is 7.89. The smallest absolute Gasteiger partial charge is 0.272 e. The first-order valence-electron chi connectivity index (χ1n) is 9.23. The zero-order valence-corrected chi connectivity index (χ0v) is 17.1. The molecule has 0 saturated carbocycles. The van der Waals surface area contributed by atoms with Crippen LogP contribution in [0.5, 0.6) is 0 Å². The number of rotatable bonds is 4. The van der Waals surface area contributed by atoms with Crippen molar-refractivity contribution in [2.45, 2.75) is 38.5 Å². The van der Waals surface area contributed by atoms with Gasteiger partial charge in [0.2, 0.25) is 10.0 Å². The molecule has 1 N–H and O–H groups in total. The second kappa shape index (κ2) is 7.48.